The van der Waals surface area contributed by atoms with Crippen molar-refractivity contribution in [2.75, 3.05) is 27.2 Å². The molecule has 1 aliphatic heterocycles. The fourth-order valence-electron chi connectivity index (χ4n) is 2.81. The van der Waals surface area contributed by atoms with Crippen LogP contribution in [0.1, 0.15) is 23.1 Å². The molecule has 1 unspecified atom stereocenters. The molecule has 0 aliphatic carbocycles. The van der Waals surface area contributed by atoms with Gasteiger partial charge in [-0.15, -0.1) is 0 Å². The average Bonchev–Trinajstić information content (AvgIpc) is 2.28. The van der Waals surface area contributed by atoms with Gasteiger partial charge < -0.3 is 10.5 Å². The van der Waals surface area contributed by atoms with Crippen molar-refractivity contribution < 1.29 is 4.74 Å². The number of nitrogens with zero attached hydrogens (tertiary/aromatic N) is 1. The molecule has 0 radical (unpaired) electrons. The summed E-state index contributed by atoms with van der Waals surface area (Å²) in [6.45, 7) is 5.60. The molecule has 1 aliphatic rings. The van der Waals surface area contributed by atoms with E-state index in [1.165, 1.54) is 16.7 Å². The molecule has 1 aromatic carbocycles. The van der Waals surface area contributed by atoms with Gasteiger partial charge in [0.2, 0.25) is 0 Å². The normalized spacial score (nSPS) is 23.4. The second kappa shape index (κ2) is 4.31. The van der Waals surface area contributed by atoms with Gasteiger partial charge in [0.05, 0.1) is 12.1 Å². The van der Waals surface area contributed by atoms with Crippen molar-refractivity contribution in [3.8, 4) is 5.75 Å². The maximum atomic E-state index is 6.06. The van der Waals surface area contributed by atoms with Crippen LogP contribution in [0.2, 0.25) is 0 Å². The Kier molecular flexibility index (Phi) is 3.15. The molecule has 1 atom stereocenters. The van der Waals surface area contributed by atoms with Crippen molar-refractivity contribution in [3.63, 3.8) is 0 Å². The zero-order valence-electron chi connectivity index (χ0n) is 11.2. The average molecular weight is 234 g/mol. The van der Waals surface area contributed by atoms with Gasteiger partial charge in [-0.25, -0.2) is 0 Å². The van der Waals surface area contributed by atoms with E-state index < -0.39 is 0 Å². The van der Waals surface area contributed by atoms with Crippen LogP contribution in [0.5, 0.6) is 5.75 Å². The molecule has 0 fully saturated rings. The highest BCUT2D eigenvalue weighted by atomic mass is 16.5. The maximum absolute atomic E-state index is 6.06. The van der Waals surface area contributed by atoms with Crippen LogP contribution in [0, 0.1) is 13.8 Å². The van der Waals surface area contributed by atoms with E-state index in [9.17, 15) is 0 Å². The topological polar surface area (TPSA) is 38.5 Å². The van der Waals surface area contributed by atoms with Crippen LogP contribution in [0.25, 0.3) is 0 Å². The lowest BCUT2D eigenvalue weighted by Crippen LogP contribution is -2.50. The standard InChI is InChI=1S/C14H22N2O/c1-10-7-11(2)13-12(8-10)14(9-15,16(3)4)5-6-17-13/h7-8H,5-6,9,15H2,1-4H3. The fourth-order valence-corrected chi connectivity index (χ4v) is 2.81. The predicted molar refractivity (Wildman–Crippen MR) is 70.4 cm³/mol. The summed E-state index contributed by atoms with van der Waals surface area (Å²) >= 11 is 0. The van der Waals surface area contributed by atoms with Gasteiger partial charge in [-0.05, 0) is 33.5 Å². The van der Waals surface area contributed by atoms with E-state index in [-0.39, 0.29) is 5.54 Å². The van der Waals surface area contributed by atoms with Crippen LogP contribution in [0.3, 0.4) is 0 Å². The molecule has 2 rings (SSSR count). The highest BCUT2D eigenvalue weighted by Gasteiger charge is 2.39. The van der Waals surface area contributed by atoms with Gasteiger partial charge in [-0.2, -0.15) is 0 Å². The zero-order chi connectivity index (χ0) is 12.6. The summed E-state index contributed by atoms with van der Waals surface area (Å²) in [5.74, 6) is 1.03. The molecule has 0 amide bonds. The summed E-state index contributed by atoms with van der Waals surface area (Å²) in [7, 11) is 4.19. The molecule has 3 nitrogen and oxygen atoms in total. The van der Waals surface area contributed by atoms with Gasteiger partial charge in [-0.1, -0.05) is 17.7 Å². The zero-order valence-corrected chi connectivity index (χ0v) is 11.2. The smallest absolute Gasteiger partial charge is 0.127 e. The molecule has 17 heavy (non-hydrogen) atoms. The van der Waals surface area contributed by atoms with Gasteiger partial charge in [0.25, 0.3) is 0 Å². The molecule has 3 heteroatoms. The summed E-state index contributed by atoms with van der Waals surface area (Å²) in [6.07, 6.45) is 0.951. The van der Waals surface area contributed by atoms with Crippen LogP contribution in [-0.4, -0.2) is 32.1 Å². The maximum Gasteiger partial charge on any atom is 0.127 e. The number of fused-ring (bicyclic) bond motifs is 1. The molecule has 0 saturated heterocycles. The van der Waals surface area contributed by atoms with Crippen molar-refractivity contribution >= 4 is 0 Å². The first-order chi connectivity index (χ1) is 8.01. The van der Waals surface area contributed by atoms with Crippen molar-refractivity contribution in [1.29, 1.82) is 0 Å². The molecule has 0 aromatic heterocycles. The van der Waals surface area contributed by atoms with Crippen molar-refractivity contribution in [2.24, 2.45) is 5.73 Å². The number of rotatable bonds is 2. The van der Waals surface area contributed by atoms with Crippen molar-refractivity contribution in [3.05, 3.63) is 28.8 Å². The van der Waals surface area contributed by atoms with Gasteiger partial charge in [0.15, 0.2) is 0 Å². The van der Waals surface area contributed by atoms with E-state index in [1.54, 1.807) is 0 Å². The minimum Gasteiger partial charge on any atom is -0.493 e. The number of nitrogens with two attached hydrogens (primary N) is 1. The Morgan fingerprint density at radius 2 is 2.06 bits per heavy atom. The van der Waals surface area contributed by atoms with Gasteiger partial charge in [0.1, 0.15) is 5.75 Å². The van der Waals surface area contributed by atoms with Gasteiger partial charge in [-0.3, -0.25) is 4.90 Å². The van der Waals surface area contributed by atoms with Crippen LogP contribution in [-0.2, 0) is 5.54 Å². The Morgan fingerprint density at radius 1 is 1.35 bits per heavy atom. The second-order valence-corrected chi connectivity index (χ2v) is 5.19. The highest BCUT2D eigenvalue weighted by Crippen LogP contribution is 2.41. The minimum absolute atomic E-state index is 0.0790. The summed E-state index contributed by atoms with van der Waals surface area (Å²) in [6, 6.07) is 4.38. The van der Waals surface area contributed by atoms with Crippen LogP contribution >= 0.6 is 0 Å². The largest absolute Gasteiger partial charge is 0.493 e. The summed E-state index contributed by atoms with van der Waals surface area (Å²) in [5, 5.41) is 0. The first-order valence-corrected chi connectivity index (χ1v) is 6.13. The summed E-state index contributed by atoms with van der Waals surface area (Å²) < 4.78 is 5.83. The second-order valence-electron chi connectivity index (χ2n) is 5.19. The first kappa shape index (κ1) is 12.4. The van der Waals surface area contributed by atoms with Gasteiger partial charge in [0, 0.05) is 18.5 Å². The molecule has 0 bridgehead atoms. The summed E-state index contributed by atoms with van der Waals surface area (Å²) in [5.41, 5.74) is 9.70. The van der Waals surface area contributed by atoms with Crippen LogP contribution in [0.15, 0.2) is 12.1 Å². The van der Waals surface area contributed by atoms with Crippen LogP contribution in [0.4, 0.5) is 0 Å². The Labute approximate surface area is 104 Å². The van der Waals surface area contributed by atoms with Crippen molar-refractivity contribution in [1.82, 2.24) is 4.90 Å². The molecular formula is C14H22N2O. The molecule has 0 saturated carbocycles. The van der Waals surface area contributed by atoms with E-state index in [4.69, 9.17) is 10.5 Å². The van der Waals surface area contributed by atoms with E-state index in [2.05, 4.69) is 45.0 Å². The number of hydrogen-bond acceptors (Lipinski definition) is 3. The monoisotopic (exact) mass is 234 g/mol. The Bertz CT molecular complexity index is 428. The molecule has 94 valence electrons. The van der Waals surface area contributed by atoms with E-state index in [0.717, 1.165) is 18.8 Å². The van der Waals surface area contributed by atoms with Crippen LogP contribution < -0.4 is 10.5 Å². The number of likely N-dealkylation sites (N-methyl/N-ethyl adjacent to an activating group) is 1. The predicted octanol–water partition coefficient (Wildman–Crippen LogP) is 1.80. The third-order valence-corrected chi connectivity index (χ3v) is 3.88. The lowest BCUT2D eigenvalue weighted by atomic mass is 9.81. The van der Waals surface area contributed by atoms with Gasteiger partial charge >= 0.3 is 0 Å². The molecule has 2 N–H and O–H groups in total. The third-order valence-electron chi connectivity index (χ3n) is 3.88. The summed E-state index contributed by atoms with van der Waals surface area (Å²) in [4.78, 5) is 2.23. The SMILES string of the molecule is Cc1cc(C)c2c(c1)C(CN)(N(C)C)CCO2. The number of hydrogen-bond donors (Lipinski definition) is 1. The van der Waals surface area contributed by atoms with E-state index in [0.29, 0.717) is 6.54 Å². The van der Waals surface area contributed by atoms with E-state index in [1.807, 2.05) is 0 Å². The molecule has 0 spiro atoms. The van der Waals surface area contributed by atoms with Crippen molar-refractivity contribution in [2.45, 2.75) is 25.8 Å². The Morgan fingerprint density at radius 3 is 2.65 bits per heavy atom. The molecule has 1 aromatic rings. The lowest BCUT2D eigenvalue weighted by molar-refractivity contribution is 0.0932. The first-order valence-electron chi connectivity index (χ1n) is 6.13. The van der Waals surface area contributed by atoms with E-state index >= 15 is 0 Å². The number of ether oxygens (including phenoxy) is 1. The number of benzene rings is 1. The minimum atomic E-state index is -0.0790. The quantitative estimate of drug-likeness (QED) is 0.848. The fraction of sp³-hybridized carbons (Fsp3) is 0.571. The third kappa shape index (κ3) is 1.83. The highest BCUT2D eigenvalue weighted by molar-refractivity contribution is 5.49. The molecular weight excluding hydrogens is 212 g/mol. The Hall–Kier alpha value is -1.06. The molecule has 1 heterocycles. The number of aryl methyl sites for hydroxylation is 2. The Balaban J connectivity index is 2.64. The lowest BCUT2D eigenvalue weighted by Gasteiger charge is -2.43.